The van der Waals surface area contributed by atoms with Crippen LogP contribution in [0.4, 0.5) is 13.2 Å². The van der Waals surface area contributed by atoms with Crippen molar-refractivity contribution in [2.45, 2.75) is 19.1 Å². The number of carbonyl (C=O) groups excluding carboxylic acids is 2. The zero-order chi connectivity index (χ0) is 18.6. The fourth-order valence-corrected chi connectivity index (χ4v) is 2.19. The highest BCUT2D eigenvalue weighted by molar-refractivity contribution is 5.95. The summed E-state index contributed by atoms with van der Waals surface area (Å²) in [4.78, 5) is 23.6. The van der Waals surface area contributed by atoms with Crippen LogP contribution in [0.5, 0.6) is 0 Å². The number of alkyl halides is 3. The summed E-state index contributed by atoms with van der Waals surface area (Å²) in [6.45, 7) is 1.66. The van der Waals surface area contributed by atoms with E-state index < -0.39 is 29.6 Å². The third kappa shape index (κ3) is 4.57. The molecular formula is C17H15F3N2O3. The second-order valence-electron chi connectivity index (χ2n) is 5.34. The Labute approximate surface area is 141 Å². The van der Waals surface area contributed by atoms with Crippen LogP contribution in [-0.2, 0) is 6.18 Å². The molecule has 0 saturated heterocycles. The molecule has 0 aliphatic rings. The van der Waals surface area contributed by atoms with Crippen LogP contribution in [0.3, 0.4) is 0 Å². The second kappa shape index (κ2) is 7.35. The summed E-state index contributed by atoms with van der Waals surface area (Å²) in [7, 11) is 0. The first-order chi connectivity index (χ1) is 11.7. The van der Waals surface area contributed by atoms with Crippen molar-refractivity contribution < 1.29 is 28.0 Å². The summed E-state index contributed by atoms with van der Waals surface area (Å²) >= 11 is 0. The first-order valence-corrected chi connectivity index (χ1v) is 7.25. The van der Waals surface area contributed by atoms with Crippen LogP contribution in [0, 0.1) is 0 Å². The smallest absolute Gasteiger partial charge is 0.346 e. The Kier molecular flexibility index (Phi) is 5.43. The molecule has 0 aliphatic heterocycles. The lowest BCUT2D eigenvalue weighted by Gasteiger charge is -2.15. The molecule has 5 nitrogen and oxygen atoms in total. The van der Waals surface area contributed by atoms with Crippen molar-refractivity contribution in [3.8, 4) is 0 Å². The molecule has 0 bridgehead atoms. The monoisotopic (exact) mass is 352 g/mol. The van der Waals surface area contributed by atoms with Gasteiger partial charge in [-0.05, 0) is 48.9 Å². The predicted molar refractivity (Wildman–Crippen MR) is 83.0 cm³/mol. The van der Waals surface area contributed by atoms with E-state index in [-0.39, 0.29) is 11.1 Å². The zero-order valence-electron chi connectivity index (χ0n) is 13.1. The van der Waals surface area contributed by atoms with Crippen LogP contribution in [-0.4, -0.2) is 17.0 Å². The Morgan fingerprint density at radius 1 is 1.00 bits per heavy atom. The number of benzene rings is 2. The molecule has 2 aromatic rings. The van der Waals surface area contributed by atoms with E-state index in [4.69, 9.17) is 5.21 Å². The Bertz CT molecular complexity index is 773. The molecule has 0 heterocycles. The van der Waals surface area contributed by atoms with Gasteiger partial charge in [0.1, 0.15) is 0 Å². The molecule has 1 unspecified atom stereocenters. The van der Waals surface area contributed by atoms with Crippen molar-refractivity contribution in [1.29, 1.82) is 0 Å². The fraction of sp³-hybridized carbons (Fsp3) is 0.176. The lowest BCUT2D eigenvalue weighted by atomic mass is 10.0. The summed E-state index contributed by atoms with van der Waals surface area (Å²) in [6.07, 6.45) is -4.46. The molecular weight excluding hydrogens is 337 g/mol. The molecule has 0 fully saturated rings. The van der Waals surface area contributed by atoms with Crippen molar-refractivity contribution in [2.75, 3.05) is 0 Å². The molecule has 0 spiro atoms. The van der Waals surface area contributed by atoms with Gasteiger partial charge in [-0.2, -0.15) is 13.2 Å². The van der Waals surface area contributed by atoms with Crippen LogP contribution in [0.15, 0.2) is 48.5 Å². The van der Waals surface area contributed by atoms with Gasteiger partial charge in [-0.25, -0.2) is 5.48 Å². The largest absolute Gasteiger partial charge is 0.416 e. The van der Waals surface area contributed by atoms with Crippen molar-refractivity contribution >= 4 is 11.8 Å². The average Bonchev–Trinajstić information content (AvgIpc) is 2.60. The van der Waals surface area contributed by atoms with E-state index in [1.807, 2.05) is 0 Å². The summed E-state index contributed by atoms with van der Waals surface area (Å²) in [5.41, 5.74) is 1.57. The van der Waals surface area contributed by atoms with Crippen LogP contribution < -0.4 is 10.8 Å². The maximum Gasteiger partial charge on any atom is 0.416 e. The van der Waals surface area contributed by atoms with Gasteiger partial charge in [-0.15, -0.1) is 0 Å². The van der Waals surface area contributed by atoms with Gasteiger partial charge < -0.3 is 5.32 Å². The minimum atomic E-state index is -4.46. The third-order valence-electron chi connectivity index (χ3n) is 3.57. The quantitative estimate of drug-likeness (QED) is 0.583. The highest BCUT2D eigenvalue weighted by Crippen LogP contribution is 2.29. The van der Waals surface area contributed by atoms with E-state index in [0.29, 0.717) is 5.56 Å². The van der Waals surface area contributed by atoms with E-state index in [1.165, 1.54) is 17.6 Å². The van der Waals surface area contributed by atoms with Gasteiger partial charge in [-0.3, -0.25) is 14.8 Å². The van der Waals surface area contributed by atoms with Gasteiger partial charge in [0, 0.05) is 11.1 Å². The number of halogens is 3. The number of carbonyl (C=O) groups is 2. The molecule has 8 heteroatoms. The van der Waals surface area contributed by atoms with Crippen molar-refractivity contribution in [3.05, 3.63) is 70.8 Å². The fourth-order valence-electron chi connectivity index (χ4n) is 2.19. The maximum absolute atomic E-state index is 12.5. The van der Waals surface area contributed by atoms with Gasteiger partial charge in [-0.1, -0.05) is 12.1 Å². The SMILES string of the molecule is CC(NC(=O)c1ccc(C(F)(F)F)cc1)c1cccc(C(=O)NO)c1. The summed E-state index contributed by atoms with van der Waals surface area (Å²) in [5.74, 6) is -1.23. The lowest BCUT2D eigenvalue weighted by molar-refractivity contribution is -0.137. The normalized spacial score (nSPS) is 12.4. The van der Waals surface area contributed by atoms with Crippen LogP contribution in [0.2, 0.25) is 0 Å². The van der Waals surface area contributed by atoms with Crippen LogP contribution >= 0.6 is 0 Å². The number of amides is 2. The van der Waals surface area contributed by atoms with E-state index >= 15 is 0 Å². The van der Waals surface area contributed by atoms with E-state index in [9.17, 15) is 22.8 Å². The highest BCUT2D eigenvalue weighted by Gasteiger charge is 2.30. The number of hydrogen-bond acceptors (Lipinski definition) is 3. The van der Waals surface area contributed by atoms with Crippen molar-refractivity contribution in [2.24, 2.45) is 0 Å². The second-order valence-corrected chi connectivity index (χ2v) is 5.34. The molecule has 0 aromatic heterocycles. The van der Waals surface area contributed by atoms with Crippen molar-refractivity contribution in [1.82, 2.24) is 10.8 Å². The Morgan fingerprint density at radius 3 is 2.20 bits per heavy atom. The standard InChI is InChI=1S/C17H15F3N2O3/c1-10(12-3-2-4-13(9-12)16(24)22-25)21-15(23)11-5-7-14(8-6-11)17(18,19)20/h2-10,25H,1H3,(H,21,23)(H,22,24). The molecule has 2 rings (SSSR count). The lowest BCUT2D eigenvalue weighted by Crippen LogP contribution is -2.27. The Morgan fingerprint density at radius 2 is 1.64 bits per heavy atom. The first-order valence-electron chi connectivity index (χ1n) is 7.25. The van der Waals surface area contributed by atoms with Gasteiger partial charge >= 0.3 is 6.18 Å². The number of nitrogens with one attached hydrogen (secondary N) is 2. The summed E-state index contributed by atoms with van der Waals surface area (Å²) in [6, 6.07) is 9.61. The molecule has 3 N–H and O–H groups in total. The zero-order valence-corrected chi connectivity index (χ0v) is 13.1. The van der Waals surface area contributed by atoms with E-state index in [2.05, 4.69) is 5.32 Å². The molecule has 0 aliphatic carbocycles. The summed E-state index contributed by atoms with van der Waals surface area (Å²) in [5, 5.41) is 11.3. The Balaban J connectivity index is 2.11. The summed E-state index contributed by atoms with van der Waals surface area (Å²) < 4.78 is 37.6. The molecule has 132 valence electrons. The minimum Gasteiger partial charge on any atom is -0.346 e. The van der Waals surface area contributed by atoms with E-state index in [0.717, 1.165) is 24.3 Å². The van der Waals surface area contributed by atoms with Gasteiger partial charge in [0.25, 0.3) is 11.8 Å². The molecule has 0 saturated carbocycles. The van der Waals surface area contributed by atoms with E-state index in [1.54, 1.807) is 19.1 Å². The highest BCUT2D eigenvalue weighted by atomic mass is 19.4. The predicted octanol–water partition coefficient (Wildman–Crippen LogP) is 3.32. The number of hydrogen-bond donors (Lipinski definition) is 3. The van der Waals surface area contributed by atoms with Crippen molar-refractivity contribution in [3.63, 3.8) is 0 Å². The van der Waals surface area contributed by atoms with Crippen LogP contribution in [0.25, 0.3) is 0 Å². The average molecular weight is 352 g/mol. The molecule has 2 amide bonds. The first kappa shape index (κ1) is 18.5. The molecule has 1 atom stereocenters. The number of hydroxylamine groups is 1. The molecule has 0 radical (unpaired) electrons. The Hall–Kier alpha value is -2.87. The molecule has 25 heavy (non-hydrogen) atoms. The minimum absolute atomic E-state index is 0.0871. The van der Waals surface area contributed by atoms with Gasteiger partial charge in [0.15, 0.2) is 0 Å². The third-order valence-corrected chi connectivity index (χ3v) is 3.57. The van der Waals surface area contributed by atoms with Crippen LogP contribution in [0.1, 0.15) is 44.8 Å². The topological polar surface area (TPSA) is 78.4 Å². The number of rotatable bonds is 4. The molecule has 2 aromatic carbocycles. The van der Waals surface area contributed by atoms with Gasteiger partial charge in [0.2, 0.25) is 0 Å². The van der Waals surface area contributed by atoms with Gasteiger partial charge in [0.05, 0.1) is 11.6 Å². The maximum atomic E-state index is 12.5.